The molecular weight excluding hydrogens is 432 g/mol. The van der Waals surface area contributed by atoms with Gasteiger partial charge in [-0.15, -0.1) is 0 Å². The first kappa shape index (κ1) is 23.2. The molecule has 3 aromatic rings. The molecule has 1 unspecified atom stereocenters. The molecular formula is C27H30N2O3S. The number of sulfone groups is 1. The molecule has 0 bridgehead atoms. The van der Waals surface area contributed by atoms with Gasteiger partial charge in [-0.25, -0.2) is 8.42 Å². The van der Waals surface area contributed by atoms with Crippen molar-refractivity contribution in [2.75, 3.05) is 11.9 Å². The Morgan fingerprint density at radius 3 is 2.24 bits per heavy atom. The van der Waals surface area contributed by atoms with Crippen molar-refractivity contribution in [2.45, 2.75) is 49.4 Å². The summed E-state index contributed by atoms with van der Waals surface area (Å²) < 4.78 is 25.1. The molecule has 0 aromatic heterocycles. The van der Waals surface area contributed by atoms with Gasteiger partial charge in [0.1, 0.15) is 0 Å². The minimum Gasteiger partial charge on any atom is -0.322 e. The summed E-state index contributed by atoms with van der Waals surface area (Å²) in [6.07, 6.45) is 3.83. The van der Waals surface area contributed by atoms with E-state index in [1.54, 1.807) is 54.6 Å². The second-order valence-electron chi connectivity index (χ2n) is 8.74. The summed E-state index contributed by atoms with van der Waals surface area (Å²) in [5.41, 5.74) is 3.12. The zero-order valence-electron chi connectivity index (χ0n) is 18.9. The Kier molecular flexibility index (Phi) is 7.26. The summed E-state index contributed by atoms with van der Waals surface area (Å²) in [5.74, 6) is -0.319. The number of piperidine rings is 1. The highest BCUT2D eigenvalue weighted by molar-refractivity contribution is 7.90. The number of hydrogen-bond donors (Lipinski definition) is 1. The molecule has 1 amide bonds. The van der Waals surface area contributed by atoms with E-state index in [-0.39, 0.29) is 11.7 Å². The third-order valence-electron chi connectivity index (χ3n) is 6.21. The number of carbonyl (C=O) groups excluding carboxylic acids is 1. The van der Waals surface area contributed by atoms with Crippen LogP contribution in [0.25, 0.3) is 0 Å². The summed E-state index contributed by atoms with van der Waals surface area (Å²) in [4.78, 5) is 15.4. The third kappa shape index (κ3) is 6.09. The second kappa shape index (κ2) is 10.3. The maximum absolute atomic E-state index is 12.6. The first-order valence-corrected chi connectivity index (χ1v) is 13.1. The molecule has 1 heterocycles. The van der Waals surface area contributed by atoms with Gasteiger partial charge >= 0.3 is 0 Å². The van der Waals surface area contributed by atoms with E-state index < -0.39 is 9.84 Å². The Hall–Kier alpha value is -2.96. The van der Waals surface area contributed by atoms with E-state index in [4.69, 9.17) is 0 Å². The number of nitrogens with one attached hydrogen (secondary N) is 1. The molecule has 1 aliphatic heterocycles. The highest BCUT2D eigenvalue weighted by atomic mass is 32.2. The lowest BCUT2D eigenvalue weighted by molar-refractivity contribution is 0.102. The highest BCUT2D eigenvalue weighted by Gasteiger charge is 2.18. The average Bonchev–Trinajstić information content (AvgIpc) is 2.82. The van der Waals surface area contributed by atoms with Gasteiger partial charge in [0, 0.05) is 23.8 Å². The summed E-state index contributed by atoms with van der Waals surface area (Å²) in [5, 5.41) is 2.92. The topological polar surface area (TPSA) is 66.5 Å². The summed E-state index contributed by atoms with van der Waals surface area (Å²) in [6, 6.07) is 23.7. The van der Waals surface area contributed by atoms with Crippen molar-refractivity contribution >= 4 is 21.4 Å². The first-order chi connectivity index (χ1) is 15.9. The lowest BCUT2D eigenvalue weighted by Crippen LogP contribution is -2.36. The van der Waals surface area contributed by atoms with Crippen LogP contribution in [0.15, 0.2) is 83.8 Å². The molecule has 0 radical (unpaired) electrons. The summed E-state index contributed by atoms with van der Waals surface area (Å²) in [7, 11) is -3.42. The van der Waals surface area contributed by atoms with Crippen LogP contribution in [0.2, 0.25) is 0 Å². The second-order valence-corrected chi connectivity index (χ2v) is 10.7. The molecule has 172 valence electrons. The van der Waals surface area contributed by atoms with E-state index in [1.165, 1.54) is 24.8 Å². The molecule has 6 heteroatoms. The van der Waals surface area contributed by atoms with E-state index in [0.29, 0.717) is 22.1 Å². The maximum atomic E-state index is 12.6. The van der Waals surface area contributed by atoms with E-state index >= 15 is 0 Å². The number of carbonyl (C=O) groups is 1. The lowest BCUT2D eigenvalue weighted by Gasteiger charge is -2.33. The molecule has 1 N–H and O–H groups in total. The quantitative estimate of drug-likeness (QED) is 0.518. The zero-order valence-corrected chi connectivity index (χ0v) is 19.7. The van der Waals surface area contributed by atoms with Crippen LogP contribution in [0.5, 0.6) is 0 Å². The fourth-order valence-electron chi connectivity index (χ4n) is 4.21. The van der Waals surface area contributed by atoms with Gasteiger partial charge in [-0.3, -0.25) is 9.69 Å². The summed E-state index contributed by atoms with van der Waals surface area (Å²) >= 11 is 0. The fourth-order valence-corrected chi connectivity index (χ4v) is 5.58. The lowest BCUT2D eigenvalue weighted by atomic mass is 10.0. The molecule has 0 aliphatic carbocycles. The fraction of sp³-hybridized carbons (Fsp3) is 0.296. The average molecular weight is 463 g/mol. The van der Waals surface area contributed by atoms with Crippen LogP contribution in [0.3, 0.4) is 0 Å². The molecule has 33 heavy (non-hydrogen) atoms. The van der Waals surface area contributed by atoms with Crippen LogP contribution in [0.1, 0.15) is 47.7 Å². The minimum atomic E-state index is -3.42. The van der Waals surface area contributed by atoms with Crippen LogP contribution in [0, 0.1) is 0 Å². The van der Waals surface area contributed by atoms with Crippen molar-refractivity contribution in [3.63, 3.8) is 0 Å². The Balaban J connectivity index is 1.35. The van der Waals surface area contributed by atoms with E-state index in [0.717, 1.165) is 18.8 Å². The van der Waals surface area contributed by atoms with E-state index in [1.807, 2.05) is 12.1 Å². The molecule has 0 spiro atoms. The van der Waals surface area contributed by atoms with Gasteiger partial charge in [0.05, 0.1) is 10.6 Å². The number of anilines is 1. The third-order valence-corrected chi connectivity index (χ3v) is 7.92. The van der Waals surface area contributed by atoms with Gasteiger partial charge in [-0.2, -0.15) is 0 Å². The van der Waals surface area contributed by atoms with Crippen molar-refractivity contribution in [1.82, 2.24) is 4.90 Å². The smallest absolute Gasteiger partial charge is 0.255 e. The van der Waals surface area contributed by atoms with Gasteiger partial charge in [0.15, 0.2) is 9.84 Å². The minimum absolute atomic E-state index is 0.101. The van der Waals surface area contributed by atoms with Gasteiger partial charge in [0.25, 0.3) is 5.91 Å². The Morgan fingerprint density at radius 2 is 1.58 bits per heavy atom. The highest BCUT2D eigenvalue weighted by Crippen LogP contribution is 2.21. The Labute approximate surface area is 196 Å². The van der Waals surface area contributed by atoms with Gasteiger partial charge in [0.2, 0.25) is 0 Å². The molecule has 3 aromatic carbocycles. The van der Waals surface area contributed by atoms with Crippen molar-refractivity contribution in [3.05, 3.63) is 95.6 Å². The van der Waals surface area contributed by atoms with Crippen LogP contribution < -0.4 is 5.32 Å². The number of amides is 1. The normalized spacial score (nSPS) is 16.9. The molecule has 1 aliphatic rings. The molecule has 4 rings (SSSR count). The number of hydrogen-bond acceptors (Lipinski definition) is 4. The SMILES string of the molecule is CC1CCCCN1Cc1ccc(NC(=O)c2ccc(CS(=O)(=O)c3ccccc3)cc2)cc1. The van der Waals surface area contributed by atoms with Gasteiger partial charge in [-0.05, 0) is 73.8 Å². The summed E-state index contributed by atoms with van der Waals surface area (Å²) in [6.45, 7) is 4.36. The number of likely N-dealkylation sites (tertiary alicyclic amines) is 1. The van der Waals surface area contributed by atoms with Crippen LogP contribution in [-0.4, -0.2) is 31.8 Å². The van der Waals surface area contributed by atoms with E-state index in [9.17, 15) is 13.2 Å². The Bertz CT molecular complexity index is 1170. The van der Waals surface area contributed by atoms with Crippen molar-refractivity contribution in [2.24, 2.45) is 0 Å². The predicted molar refractivity (Wildman–Crippen MR) is 132 cm³/mol. The van der Waals surface area contributed by atoms with Crippen LogP contribution >= 0.6 is 0 Å². The standard InChI is InChI=1S/C27H30N2O3S/c1-21-7-5-6-18-29(21)19-22-12-16-25(17-13-22)28-27(30)24-14-10-23(11-15-24)20-33(31,32)26-8-3-2-4-9-26/h2-4,8-17,21H,5-7,18-20H2,1H3,(H,28,30). The molecule has 1 fully saturated rings. The largest absolute Gasteiger partial charge is 0.322 e. The number of nitrogens with zero attached hydrogens (tertiary/aromatic N) is 1. The Morgan fingerprint density at radius 1 is 0.909 bits per heavy atom. The van der Waals surface area contributed by atoms with Crippen molar-refractivity contribution < 1.29 is 13.2 Å². The van der Waals surface area contributed by atoms with Crippen LogP contribution in [0.4, 0.5) is 5.69 Å². The van der Waals surface area contributed by atoms with Crippen LogP contribution in [-0.2, 0) is 22.1 Å². The molecule has 0 saturated carbocycles. The monoisotopic (exact) mass is 462 g/mol. The first-order valence-electron chi connectivity index (χ1n) is 11.4. The molecule has 1 saturated heterocycles. The zero-order chi connectivity index (χ0) is 23.3. The van der Waals surface area contributed by atoms with Crippen molar-refractivity contribution in [1.29, 1.82) is 0 Å². The van der Waals surface area contributed by atoms with E-state index in [2.05, 4.69) is 29.3 Å². The molecule has 1 atom stereocenters. The van der Waals surface area contributed by atoms with Gasteiger partial charge in [-0.1, -0.05) is 48.9 Å². The molecule has 5 nitrogen and oxygen atoms in total. The van der Waals surface area contributed by atoms with Crippen molar-refractivity contribution in [3.8, 4) is 0 Å². The predicted octanol–water partition coefficient (Wildman–Crippen LogP) is 5.29. The maximum Gasteiger partial charge on any atom is 0.255 e. The number of rotatable bonds is 7. The number of benzene rings is 3. The van der Waals surface area contributed by atoms with Gasteiger partial charge < -0.3 is 5.32 Å².